The van der Waals surface area contributed by atoms with Crippen LogP contribution in [0.15, 0.2) is 51.5 Å². The highest BCUT2D eigenvalue weighted by molar-refractivity contribution is 9.10. The van der Waals surface area contributed by atoms with Gasteiger partial charge in [-0.25, -0.2) is 0 Å². The van der Waals surface area contributed by atoms with Gasteiger partial charge in [0.2, 0.25) is 0 Å². The molecular weight excluding hydrogens is 415 g/mol. The van der Waals surface area contributed by atoms with E-state index in [1.165, 1.54) is 5.01 Å². The van der Waals surface area contributed by atoms with Gasteiger partial charge in [-0.15, -0.1) is 0 Å². The largest absolute Gasteiger partial charge is 0.505 e. The van der Waals surface area contributed by atoms with E-state index in [0.29, 0.717) is 32.0 Å². The Kier molecular flexibility index (Phi) is 4.67. The number of amides is 1. The maximum atomic E-state index is 12.7. The van der Waals surface area contributed by atoms with Crippen LogP contribution in [0.5, 0.6) is 5.75 Å². The molecule has 2 aromatic rings. The van der Waals surface area contributed by atoms with E-state index in [2.05, 4.69) is 21.0 Å². The lowest BCUT2D eigenvalue weighted by Gasteiger charge is -2.11. The van der Waals surface area contributed by atoms with E-state index in [1.807, 2.05) is 0 Å². The first kappa shape index (κ1) is 17.0. The molecule has 0 aliphatic carbocycles. The highest BCUT2D eigenvalue weighted by atomic mass is 79.9. The van der Waals surface area contributed by atoms with Crippen molar-refractivity contribution in [1.29, 1.82) is 0 Å². The van der Waals surface area contributed by atoms with Gasteiger partial charge < -0.3 is 5.11 Å². The Hall–Kier alpha value is -1.82. The second-order valence-electron chi connectivity index (χ2n) is 5.17. The van der Waals surface area contributed by atoms with Gasteiger partial charge in [0.1, 0.15) is 5.75 Å². The Labute approximate surface area is 157 Å². The molecule has 0 bridgehead atoms. The highest BCUT2D eigenvalue weighted by Crippen LogP contribution is 2.34. The summed E-state index contributed by atoms with van der Waals surface area (Å²) < 4.78 is 0.455. The number of carbonyl (C=O) groups excluding carboxylic acids is 1. The molecule has 1 aliphatic rings. The summed E-state index contributed by atoms with van der Waals surface area (Å²) in [6.07, 6.45) is 1.69. The van der Waals surface area contributed by atoms with Crippen molar-refractivity contribution >= 4 is 62.5 Å². The SMILES string of the molecule is CC1=NN(c2ccc(Cl)cc2)C(=O)C1=Cc1cc(Cl)c(O)c(Br)c1. The number of rotatable bonds is 2. The van der Waals surface area contributed by atoms with Crippen molar-refractivity contribution < 1.29 is 9.90 Å². The summed E-state index contributed by atoms with van der Waals surface area (Å²) in [6, 6.07) is 10.1. The van der Waals surface area contributed by atoms with Crippen LogP contribution in [0.1, 0.15) is 12.5 Å². The standard InChI is InChI=1S/C17H11BrCl2N2O2/c1-9-13(6-10-7-14(18)16(23)15(20)8-10)17(24)22(21-9)12-4-2-11(19)3-5-12/h2-8,23H,1H3. The van der Waals surface area contributed by atoms with Crippen molar-refractivity contribution in [3.05, 3.63) is 62.1 Å². The third kappa shape index (κ3) is 3.20. The zero-order chi connectivity index (χ0) is 17.4. The molecule has 2 aromatic carbocycles. The Morgan fingerprint density at radius 1 is 1.21 bits per heavy atom. The second kappa shape index (κ2) is 6.59. The Bertz CT molecular complexity index is 869. The molecule has 0 saturated carbocycles. The highest BCUT2D eigenvalue weighted by Gasteiger charge is 2.28. The minimum atomic E-state index is -0.241. The number of anilines is 1. The average molecular weight is 426 g/mol. The molecule has 0 atom stereocenters. The van der Waals surface area contributed by atoms with Crippen molar-refractivity contribution in [1.82, 2.24) is 0 Å². The topological polar surface area (TPSA) is 52.9 Å². The fourth-order valence-electron chi connectivity index (χ4n) is 2.28. The van der Waals surface area contributed by atoms with Gasteiger partial charge in [-0.1, -0.05) is 23.2 Å². The van der Waals surface area contributed by atoms with Gasteiger partial charge in [-0.05, 0) is 70.9 Å². The predicted octanol–water partition coefficient (Wildman–Crippen LogP) is 5.27. The van der Waals surface area contributed by atoms with Gasteiger partial charge in [0.15, 0.2) is 0 Å². The van der Waals surface area contributed by atoms with Crippen LogP contribution in [0.4, 0.5) is 5.69 Å². The van der Waals surface area contributed by atoms with Gasteiger partial charge in [-0.2, -0.15) is 10.1 Å². The van der Waals surface area contributed by atoms with Gasteiger partial charge in [0.05, 0.1) is 26.5 Å². The van der Waals surface area contributed by atoms with E-state index >= 15 is 0 Å². The lowest BCUT2D eigenvalue weighted by atomic mass is 10.1. The number of phenols is 1. The maximum absolute atomic E-state index is 12.7. The molecule has 7 heteroatoms. The predicted molar refractivity (Wildman–Crippen MR) is 101 cm³/mol. The molecule has 0 unspecified atom stereocenters. The summed E-state index contributed by atoms with van der Waals surface area (Å²) >= 11 is 15.1. The summed E-state index contributed by atoms with van der Waals surface area (Å²) in [5.74, 6) is -0.278. The minimum Gasteiger partial charge on any atom is -0.505 e. The monoisotopic (exact) mass is 424 g/mol. The van der Waals surface area contributed by atoms with Gasteiger partial charge >= 0.3 is 0 Å². The zero-order valence-electron chi connectivity index (χ0n) is 12.4. The van der Waals surface area contributed by atoms with E-state index in [1.54, 1.807) is 49.4 Å². The average Bonchev–Trinajstić information content (AvgIpc) is 2.81. The van der Waals surface area contributed by atoms with E-state index in [0.717, 1.165) is 0 Å². The molecule has 1 aliphatic heterocycles. The lowest BCUT2D eigenvalue weighted by molar-refractivity contribution is -0.114. The Balaban J connectivity index is 1.97. The number of hydrogen-bond donors (Lipinski definition) is 1. The maximum Gasteiger partial charge on any atom is 0.280 e. The van der Waals surface area contributed by atoms with Crippen LogP contribution in [0.25, 0.3) is 6.08 Å². The molecule has 1 N–H and O–H groups in total. The molecule has 0 fully saturated rings. The first-order chi connectivity index (χ1) is 11.4. The Morgan fingerprint density at radius 2 is 1.88 bits per heavy atom. The summed E-state index contributed by atoms with van der Waals surface area (Å²) in [6.45, 7) is 1.76. The molecule has 0 aromatic heterocycles. The van der Waals surface area contributed by atoms with Gasteiger partial charge in [0.25, 0.3) is 5.91 Å². The van der Waals surface area contributed by atoms with Crippen molar-refractivity contribution in [2.24, 2.45) is 5.10 Å². The first-order valence-electron chi connectivity index (χ1n) is 6.92. The lowest BCUT2D eigenvalue weighted by Crippen LogP contribution is -2.21. The van der Waals surface area contributed by atoms with Crippen LogP contribution >= 0.6 is 39.1 Å². The van der Waals surface area contributed by atoms with Crippen molar-refractivity contribution in [3.8, 4) is 5.75 Å². The number of phenolic OH excluding ortho intramolecular Hbond substituents is 1. The fourth-order valence-corrected chi connectivity index (χ4v) is 3.22. The molecule has 4 nitrogen and oxygen atoms in total. The third-order valence-electron chi connectivity index (χ3n) is 3.48. The normalized spacial score (nSPS) is 16.0. The third-order valence-corrected chi connectivity index (χ3v) is 4.63. The van der Waals surface area contributed by atoms with Gasteiger partial charge in [-0.3, -0.25) is 4.79 Å². The molecular formula is C17H11BrCl2N2O2. The number of halogens is 3. The number of nitrogens with zero attached hydrogens (tertiary/aromatic N) is 2. The van der Waals surface area contributed by atoms with Gasteiger partial charge in [0, 0.05) is 5.02 Å². The second-order valence-corrected chi connectivity index (χ2v) is 6.87. The molecule has 1 amide bonds. The van der Waals surface area contributed by atoms with Crippen molar-refractivity contribution in [2.75, 3.05) is 5.01 Å². The number of aromatic hydroxyl groups is 1. The molecule has 24 heavy (non-hydrogen) atoms. The minimum absolute atomic E-state index is 0.0373. The van der Waals surface area contributed by atoms with Crippen LogP contribution in [0.2, 0.25) is 10.0 Å². The number of benzene rings is 2. The van der Waals surface area contributed by atoms with Crippen LogP contribution in [0, 0.1) is 0 Å². The Morgan fingerprint density at radius 3 is 2.50 bits per heavy atom. The molecule has 0 radical (unpaired) electrons. The van der Waals surface area contributed by atoms with Crippen LogP contribution in [0.3, 0.4) is 0 Å². The summed E-state index contributed by atoms with van der Waals surface area (Å²) in [5.41, 5.74) is 2.37. The molecule has 122 valence electrons. The van der Waals surface area contributed by atoms with E-state index in [9.17, 15) is 9.90 Å². The summed E-state index contributed by atoms with van der Waals surface area (Å²) in [4.78, 5) is 12.7. The van der Waals surface area contributed by atoms with Crippen molar-refractivity contribution in [2.45, 2.75) is 6.92 Å². The van der Waals surface area contributed by atoms with E-state index in [-0.39, 0.29) is 16.7 Å². The molecule has 0 saturated heterocycles. The van der Waals surface area contributed by atoms with E-state index in [4.69, 9.17) is 23.2 Å². The fraction of sp³-hybridized carbons (Fsp3) is 0.0588. The summed E-state index contributed by atoms with van der Waals surface area (Å²) in [7, 11) is 0. The quantitative estimate of drug-likeness (QED) is 0.666. The summed E-state index contributed by atoms with van der Waals surface area (Å²) in [5, 5.41) is 16.1. The molecule has 3 rings (SSSR count). The van der Waals surface area contributed by atoms with Crippen LogP contribution in [-0.4, -0.2) is 16.7 Å². The van der Waals surface area contributed by atoms with Crippen LogP contribution in [-0.2, 0) is 4.79 Å². The number of hydrazone groups is 1. The smallest absolute Gasteiger partial charge is 0.280 e. The number of hydrogen-bond acceptors (Lipinski definition) is 3. The van der Waals surface area contributed by atoms with E-state index < -0.39 is 0 Å². The van der Waals surface area contributed by atoms with Crippen LogP contribution < -0.4 is 5.01 Å². The first-order valence-corrected chi connectivity index (χ1v) is 8.47. The van der Waals surface area contributed by atoms with Crippen molar-refractivity contribution in [3.63, 3.8) is 0 Å². The number of carbonyl (C=O) groups is 1. The molecule has 1 heterocycles. The zero-order valence-corrected chi connectivity index (χ0v) is 15.5. The molecule has 0 spiro atoms.